The molecule has 3 rings (SSSR count). The normalized spacial score (nSPS) is 17.1. The first-order chi connectivity index (χ1) is 10.7. The van der Waals surface area contributed by atoms with Gasteiger partial charge in [-0.15, -0.1) is 0 Å². The molecule has 0 fully saturated rings. The van der Waals surface area contributed by atoms with E-state index in [9.17, 15) is 10.1 Å². The highest BCUT2D eigenvalue weighted by atomic mass is 16.6. The average molecular weight is 296 g/mol. The summed E-state index contributed by atoms with van der Waals surface area (Å²) < 4.78 is 0. The lowest BCUT2D eigenvalue weighted by Gasteiger charge is -2.37. The molecule has 0 aliphatic carbocycles. The Kier molecular flexibility index (Phi) is 4.09. The first-order valence-corrected chi connectivity index (χ1v) is 7.74. The molecule has 0 radical (unpaired) electrons. The second-order valence-electron chi connectivity index (χ2n) is 5.69. The van der Waals surface area contributed by atoms with Gasteiger partial charge in [-0.3, -0.25) is 10.1 Å². The van der Waals surface area contributed by atoms with Gasteiger partial charge in [0.05, 0.1) is 0 Å². The molecule has 1 unspecified atom stereocenters. The predicted octanol–water partition coefficient (Wildman–Crippen LogP) is 3.63. The zero-order valence-corrected chi connectivity index (χ0v) is 12.7. The highest BCUT2D eigenvalue weighted by molar-refractivity contribution is 5.53. The van der Waals surface area contributed by atoms with Crippen LogP contribution in [0.1, 0.15) is 29.7 Å². The molecule has 1 aliphatic heterocycles. The number of nitrogens with zero attached hydrogens (tertiary/aromatic N) is 2. The Morgan fingerprint density at radius 1 is 1.18 bits per heavy atom. The molecule has 1 heterocycles. The number of hydrogen-bond donors (Lipinski definition) is 0. The van der Waals surface area contributed by atoms with Crippen molar-refractivity contribution in [2.45, 2.75) is 25.8 Å². The van der Waals surface area contributed by atoms with E-state index < -0.39 is 0 Å². The molecular formula is C18H20N2O2. The van der Waals surface area contributed by atoms with E-state index in [-0.39, 0.29) is 17.5 Å². The van der Waals surface area contributed by atoms with Gasteiger partial charge in [0.1, 0.15) is 6.04 Å². The molecule has 0 spiro atoms. The highest BCUT2D eigenvalue weighted by Gasteiger charge is 2.31. The Labute approximate surface area is 130 Å². The zero-order valence-electron chi connectivity index (χ0n) is 12.7. The fraction of sp³-hybridized carbons (Fsp3) is 0.333. The number of nitro groups is 1. The van der Waals surface area contributed by atoms with Gasteiger partial charge in [-0.1, -0.05) is 43.3 Å². The van der Waals surface area contributed by atoms with Gasteiger partial charge in [-0.2, -0.15) is 0 Å². The molecule has 4 nitrogen and oxygen atoms in total. The standard InChI is InChI=1S/C18H20N2O2/c1-2-14-7-9-16(10-8-14)19-12-11-15-5-3-4-6-17(15)18(19)13-20(21)22/h3-10,18H,2,11-13H2,1H3. The predicted molar refractivity (Wildman–Crippen MR) is 87.9 cm³/mol. The lowest BCUT2D eigenvalue weighted by molar-refractivity contribution is -0.483. The van der Waals surface area contributed by atoms with Crippen molar-refractivity contribution < 1.29 is 4.92 Å². The van der Waals surface area contributed by atoms with Gasteiger partial charge in [0.2, 0.25) is 6.54 Å². The molecule has 0 saturated heterocycles. The molecule has 2 aromatic carbocycles. The number of rotatable bonds is 4. The summed E-state index contributed by atoms with van der Waals surface area (Å²) >= 11 is 0. The molecule has 0 saturated carbocycles. The summed E-state index contributed by atoms with van der Waals surface area (Å²) in [6, 6.07) is 16.3. The summed E-state index contributed by atoms with van der Waals surface area (Å²) in [6.45, 7) is 2.88. The molecule has 1 atom stereocenters. The number of fused-ring (bicyclic) bond motifs is 1. The van der Waals surface area contributed by atoms with Crippen LogP contribution in [0.4, 0.5) is 5.69 Å². The largest absolute Gasteiger partial charge is 0.358 e. The van der Waals surface area contributed by atoms with Gasteiger partial charge in [0.15, 0.2) is 0 Å². The van der Waals surface area contributed by atoms with Crippen molar-refractivity contribution in [1.82, 2.24) is 0 Å². The lowest BCUT2D eigenvalue weighted by Crippen LogP contribution is -2.39. The lowest BCUT2D eigenvalue weighted by atomic mass is 9.92. The van der Waals surface area contributed by atoms with E-state index >= 15 is 0 Å². The van der Waals surface area contributed by atoms with Gasteiger partial charge in [-0.05, 0) is 41.7 Å². The Hall–Kier alpha value is -2.36. The quantitative estimate of drug-likeness (QED) is 0.639. The first kappa shape index (κ1) is 14.6. The van der Waals surface area contributed by atoms with Crippen LogP contribution >= 0.6 is 0 Å². The molecule has 4 heteroatoms. The number of aryl methyl sites for hydroxylation is 1. The van der Waals surface area contributed by atoms with Crippen molar-refractivity contribution in [2.24, 2.45) is 0 Å². The Balaban J connectivity index is 1.97. The summed E-state index contributed by atoms with van der Waals surface area (Å²) in [5.74, 6) is 0. The number of hydrogen-bond acceptors (Lipinski definition) is 3. The fourth-order valence-electron chi connectivity index (χ4n) is 3.22. The third-order valence-corrected chi connectivity index (χ3v) is 4.41. The summed E-state index contributed by atoms with van der Waals surface area (Å²) in [5.41, 5.74) is 4.67. The third-order valence-electron chi connectivity index (χ3n) is 4.41. The number of benzene rings is 2. The maximum Gasteiger partial charge on any atom is 0.228 e. The second-order valence-corrected chi connectivity index (χ2v) is 5.69. The monoisotopic (exact) mass is 296 g/mol. The van der Waals surface area contributed by atoms with E-state index in [1.807, 2.05) is 18.2 Å². The molecule has 114 valence electrons. The van der Waals surface area contributed by atoms with E-state index in [1.54, 1.807) is 0 Å². The van der Waals surface area contributed by atoms with Crippen LogP contribution in [0.5, 0.6) is 0 Å². The Bertz CT molecular complexity index is 667. The molecule has 0 N–H and O–H groups in total. The second kappa shape index (κ2) is 6.18. The molecule has 0 amide bonds. The molecular weight excluding hydrogens is 276 g/mol. The van der Waals surface area contributed by atoms with Gasteiger partial charge in [0, 0.05) is 17.2 Å². The van der Waals surface area contributed by atoms with E-state index in [1.165, 1.54) is 11.1 Å². The van der Waals surface area contributed by atoms with Crippen LogP contribution in [-0.4, -0.2) is 18.0 Å². The van der Waals surface area contributed by atoms with E-state index in [0.29, 0.717) is 0 Å². The van der Waals surface area contributed by atoms with Crippen LogP contribution in [0.15, 0.2) is 48.5 Å². The van der Waals surface area contributed by atoms with Gasteiger partial charge >= 0.3 is 0 Å². The van der Waals surface area contributed by atoms with E-state index in [4.69, 9.17) is 0 Å². The van der Waals surface area contributed by atoms with Crippen molar-refractivity contribution in [3.8, 4) is 0 Å². The average Bonchev–Trinajstić information content (AvgIpc) is 2.55. The van der Waals surface area contributed by atoms with Crippen LogP contribution in [0.2, 0.25) is 0 Å². The van der Waals surface area contributed by atoms with Crippen molar-refractivity contribution >= 4 is 5.69 Å². The van der Waals surface area contributed by atoms with Crippen molar-refractivity contribution in [2.75, 3.05) is 18.0 Å². The molecule has 2 aromatic rings. The molecule has 22 heavy (non-hydrogen) atoms. The van der Waals surface area contributed by atoms with Crippen molar-refractivity contribution in [1.29, 1.82) is 0 Å². The summed E-state index contributed by atoms with van der Waals surface area (Å²) in [4.78, 5) is 13.1. The minimum atomic E-state index is -0.208. The minimum absolute atomic E-state index is 0.0630. The summed E-state index contributed by atoms with van der Waals surface area (Å²) in [7, 11) is 0. The first-order valence-electron chi connectivity index (χ1n) is 7.74. The SMILES string of the molecule is CCc1ccc(N2CCc3ccccc3C2C[N+](=O)[O-])cc1. The minimum Gasteiger partial charge on any atom is -0.358 e. The van der Waals surface area contributed by atoms with Gasteiger partial charge in [0.25, 0.3) is 0 Å². The fourth-order valence-corrected chi connectivity index (χ4v) is 3.22. The van der Waals surface area contributed by atoms with Crippen LogP contribution in [-0.2, 0) is 12.8 Å². The maximum atomic E-state index is 11.1. The van der Waals surface area contributed by atoms with Crippen molar-refractivity contribution in [3.05, 3.63) is 75.3 Å². The summed E-state index contributed by atoms with van der Waals surface area (Å²) in [5, 5.41) is 11.1. The zero-order chi connectivity index (χ0) is 15.5. The highest BCUT2D eigenvalue weighted by Crippen LogP contribution is 2.34. The van der Waals surface area contributed by atoms with Crippen molar-refractivity contribution in [3.63, 3.8) is 0 Å². The van der Waals surface area contributed by atoms with Crippen LogP contribution in [0.3, 0.4) is 0 Å². The van der Waals surface area contributed by atoms with Gasteiger partial charge in [-0.25, -0.2) is 0 Å². The van der Waals surface area contributed by atoms with E-state index in [2.05, 4.69) is 42.2 Å². The molecule has 1 aliphatic rings. The van der Waals surface area contributed by atoms with Crippen LogP contribution < -0.4 is 4.90 Å². The molecule has 0 bridgehead atoms. The summed E-state index contributed by atoms with van der Waals surface area (Å²) in [6.07, 6.45) is 1.93. The van der Waals surface area contributed by atoms with E-state index in [0.717, 1.165) is 30.6 Å². The van der Waals surface area contributed by atoms with Crippen LogP contribution in [0.25, 0.3) is 0 Å². The topological polar surface area (TPSA) is 46.4 Å². The van der Waals surface area contributed by atoms with Crippen LogP contribution in [0, 0.1) is 10.1 Å². The Morgan fingerprint density at radius 2 is 1.91 bits per heavy atom. The third kappa shape index (κ3) is 2.82. The Morgan fingerprint density at radius 3 is 2.59 bits per heavy atom. The smallest absolute Gasteiger partial charge is 0.228 e. The molecule has 0 aromatic heterocycles. The number of anilines is 1. The van der Waals surface area contributed by atoms with Gasteiger partial charge < -0.3 is 4.90 Å². The maximum absolute atomic E-state index is 11.1.